The monoisotopic (exact) mass is 549 g/mol. The lowest BCUT2D eigenvalue weighted by molar-refractivity contribution is -0.148. The van der Waals surface area contributed by atoms with Gasteiger partial charge in [0.1, 0.15) is 5.54 Å². The van der Waals surface area contributed by atoms with Gasteiger partial charge >= 0.3 is 5.97 Å². The molecule has 4 aromatic rings. The first kappa shape index (κ1) is 25.4. The number of carboxylic acid groups (broad SMARTS) is 1. The number of aliphatic carboxylic acids is 1. The molecule has 5 nitrogen and oxygen atoms in total. The summed E-state index contributed by atoms with van der Waals surface area (Å²) in [5.41, 5.74) is 0.359. The van der Waals surface area contributed by atoms with Crippen LogP contribution in [0.1, 0.15) is 54.9 Å². The van der Waals surface area contributed by atoms with Crippen LogP contribution in [0, 0.1) is 12.8 Å². The average Bonchev–Trinajstić information content (AvgIpc) is 3.63. The van der Waals surface area contributed by atoms with E-state index in [1.165, 1.54) is 27.6 Å². The lowest BCUT2D eigenvalue weighted by Gasteiger charge is -2.37. The van der Waals surface area contributed by atoms with Crippen molar-refractivity contribution in [3.63, 3.8) is 0 Å². The predicted molar refractivity (Wildman–Crippen MR) is 147 cm³/mol. The van der Waals surface area contributed by atoms with E-state index in [0.717, 1.165) is 16.0 Å². The van der Waals surface area contributed by atoms with Crippen LogP contribution in [0.3, 0.4) is 0 Å². The number of hydrogen-bond donors (Lipinski definition) is 1. The number of carbonyl (C=O) groups is 3. The van der Waals surface area contributed by atoms with Gasteiger partial charge in [-0.25, -0.2) is 4.79 Å². The minimum absolute atomic E-state index is 0.249. The number of aryl methyl sites for hydroxylation is 1. The third-order valence-electron chi connectivity index (χ3n) is 7.11. The van der Waals surface area contributed by atoms with Gasteiger partial charge in [0.25, 0.3) is 5.91 Å². The normalized spacial score (nSPS) is 23.2. The van der Waals surface area contributed by atoms with E-state index < -0.39 is 35.3 Å². The number of Topliss-reactive ketones (excluding diaryl/α,β-unsaturated/α-hetero) is 1. The molecule has 5 rings (SSSR count). The fourth-order valence-corrected chi connectivity index (χ4v) is 7.33. The Bertz CT molecular complexity index is 1470. The van der Waals surface area contributed by atoms with Crippen LogP contribution >= 0.6 is 34.3 Å². The summed E-state index contributed by atoms with van der Waals surface area (Å²) in [6.07, 6.45) is 0. The number of halogens is 1. The van der Waals surface area contributed by atoms with Gasteiger partial charge in [-0.1, -0.05) is 65.7 Å². The summed E-state index contributed by atoms with van der Waals surface area (Å²) in [5, 5.41) is 14.8. The number of carbonyl (C=O) groups excluding carboxylic acids is 2. The highest BCUT2D eigenvalue weighted by molar-refractivity contribution is 7.12. The molecule has 0 bridgehead atoms. The van der Waals surface area contributed by atoms with Gasteiger partial charge in [-0.05, 0) is 54.4 Å². The summed E-state index contributed by atoms with van der Waals surface area (Å²) in [6, 6.07) is 20.6. The summed E-state index contributed by atoms with van der Waals surface area (Å²) >= 11 is 8.90. The Morgan fingerprint density at radius 3 is 2.30 bits per heavy atom. The van der Waals surface area contributed by atoms with E-state index in [2.05, 4.69) is 0 Å². The lowest BCUT2D eigenvalue weighted by atomic mass is 9.74. The van der Waals surface area contributed by atoms with Gasteiger partial charge in [0.2, 0.25) is 0 Å². The number of hydrogen-bond acceptors (Lipinski definition) is 5. The van der Waals surface area contributed by atoms with Crippen molar-refractivity contribution in [1.29, 1.82) is 0 Å². The second kappa shape index (κ2) is 9.89. The predicted octanol–water partition coefficient (Wildman–Crippen LogP) is 7.09. The minimum atomic E-state index is -1.70. The molecule has 1 amide bonds. The van der Waals surface area contributed by atoms with E-state index in [1.807, 2.05) is 48.7 Å². The highest BCUT2D eigenvalue weighted by atomic mass is 35.5. The molecule has 188 valence electrons. The molecule has 37 heavy (non-hydrogen) atoms. The van der Waals surface area contributed by atoms with Crippen LogP contribution in [0.2, 0.25) is 5.02 Å². The molecule has 1 N–H and O–H groups in total. The molecule has 4 unspecified atom stereocenters. The molecule has 1 aliphatic rings. The third kappa shape index (κ3) is 4.31. The van der Waals surface area contributed by atoms with E-state index in [1.54, 1.807) is 48.7 Å². The Hall–Kier alpha value is -3.26. The summed E-state index contributed by atoms with van der Waals surface area (Å²) in [6.45, 7) is 3.50. The quantitative estimate of drug-likeness (QED) is 0.260. The summed E-state index contributed by atoms with van der Waals surface area (Å²) in [5.74, 6) is -3.46. The van der Waals surface area contributed by atoms with Gasteiger partial charge < -0.3 is 10.0 Å². The SMILES string of the molecule is Cc1cccc(C2C(C(=O)c3cccc(Cl)c3)C(c3cccs3)C(C)(C(=O)O)N2C(=O)c2cccs2)c1. The molecule has 2 aromatic carbocycles. The molecule has 8 heteroatoms. The van der Waals surface area contributed by atoms with Crippen molar-refractivity contribution in [2.75, 3.05) is 0 Å². The number of carboxylic acids is 1. The Morgan fingerprint density at radius 1 is 0.946 bits per heavy atom. The van der Waals surface area contributed by atoms with Crippen LogP contribution in [-0.2, 0) is 4.79 Å². The maximum atomic E-state index is 14.4. The summed E-state index contributed by atoms with van der Waals surface area (Å²) in [4.78, 5) is 44.3. The van der Waals surface area contributed by atoms with Gasteiger partial charge in [-0.2, -0.15) is 0 Å². The molecule has 0 radical (unpaired) electrons. The molecule has 0 saturated carbocycles. The number of nitrogens with zero attached hydrogens (tertiary/aromatic N) is 1. The van der Waals surface area contributed by atoms with Crippen molar-refractivity contribution < 1.29 is 19.5 Å². The van der Waals surface area contributed by atoms with Crippen molar-refractivity contribution in [2.45, 2.75) is 31.3 Å². The maximum Gasteiger partial charge on any atom is 0.330 e. The smallest absolute Gasteiger partial charge is 0.330 e. The number of ketones is 1. The van der Waals surface area contributed by atoms with E-state index in [-0.39, 0.29) is 5.78 Å². The zero-order valence-electron chi connectivity index (χ0n) is 20.1. The van der Waals surface area contributed by atoms with Gasteiger partial charge in [0, 0.05) is 21.4 Å². The molecule has 1 saturated heterocycles. The molecular weight excluding hydrogens is 526 g/mol. The molecule has 4 atom stereocenters. The molecule has 3 heterocycles. The van der Waals surface area contributed by atoms with E-state index in [0.29, 0.717) is 15.5 Å². The van der Waals surface area contributed by atoms with Crippen molar-refractivity contribution in [2.24, 2.45) is 5.92 Å². The van der Waals surface area contributed by atoms with Crippen LogP contribution in [0.4, 0.5) is 0 Å². The van der Waals surface area contributed by atoms with Crippen molar-refractivity contribution >= 4 is 51.9 Å². The van der Waals surface area contributed by atoms with Crippen LogP contribution in [0.5, 0.6) is 0 Å². The van der Waals surface area contributed by atoms with E-state index in [9.17, 15) is 19.5 Å². The third-order valence-corrected chi connectivity index (χ3v) is 9.16. The molecule has 0 aliphatic carbocycles. The summed E-state index contributed by atoms with van der Waals surface area (Å²) in [7, 11) is 0. The largest absolute Gasteiger partial charge is 0.479 e. The number of amides is 1. The Balaban J connectivity index is 1.82. The highest BCUT2D eigenvalue weighted by Crippen LogP contribution is 2.57. The van der Waals surface area contributed by atoms with Gasteiger partial charge in [-0.15, -0.1) is 22.7 Å². The fourth-order valence-electron chi connectivity index (χ4n) is 5.49. The molecule has 1 aliphatic heterocycles. The molecule has 1 fully saturated rings. The van der Waals surface area contributed by atoms with Crippen LogP contribution in [0.15, 0.2) is 83.6 Å². The average molecular weight is 550 g/mol. The first-order valence-electron chi connectivity index (χ1n) is 11.7. The second-order valence-corrected chi connectivity index (χ2v) is 11.7. The van der Waals surface area contributed by atoms with E-state index in [4.69, 9.17) is 11.6 Å². The number of benzene rings is 2. The van der Waals surface area contributed by atoms with Crippen LogP contribution in [-0.4, -0.2) is 33.2 Å². The lowest BCUT2D eigenvalue weighted by Crippen LogP contribution is -2.54. The number of rotatable bonds is 6. The van der Waals surface area contributed by atoms with Gasteiger partial charge in [0.05, 0.1) is 16.8 Å². The van der Waals surface area contributed by atoms with Crippen LogP contribution < -0.4 is 0 Å². The summed E-state index contributed by atoms with van der Waals surface area (Å²) < 4.78 is 0. The minimum Gasteiger partial charge on any atom is -0.479 e. The maximum absolute atomic E-state index is 14.4. The fraction of sp³-hybridized carbons (Fsp3) is 0.207. The Morgan fingerprint density at radius 2 is 1.68 bits per heavy atom. The first-order chi connectivity index (χ1) is 17.7. The topological polar surface area (TPSA) is 74.7 Å². The first-order valence-corrected chi connectivity index (χ1v) is 13.9. The molecular formula is C29H24ClNO4S2. The van der Waals surface area contributed by atoms with Gasteiger partial charge in [-0.3, -0.25) is 9.59 Å². The van der Waals surface area contributed by atoms with Crippen molar-refractivity contribution in [1.82, 2.24) is 4.90 Å². The van der Waals surface area contributed by atoms with Crippen molar-refractivity contribution in [3.8, 4) is 0 Å². The van der Waals surface area contributed by atoms with E-state index >= 15 is 0 Å². The second-order valence-electron chi connectivity index (χ2n) is 9.36. The van der Waals surface area contributed by atoms with Crippen LogP contribution in [0.25, 0.3) is 0 Å². The molecule has 2 aromatic heterocycles. The van der Waals surface area contributed by atoms with Crippen molar-refractivity contribution in [3.05, 3.63) is 115 Å². The number of thiophene rings is 2. The number of likely N-dealkylation sites (tertiary alicyclic amines) is 1. The zero-order chi connectivity index (χ0) is 26.3. The molecule has 0 spiro atoms. The standard InChI is InChI=1S/C29H24ClNO4S2/c1-17-7-3-8-18(15-17)25-23(26(32)19-9-4-10-20(30)16-19)24(21-11-5-13-36-21)29(2,28(34)35)31(25)27(33)22-12-6-14-37-22/h3-16,23-25H,1-2H3,(H,34,35). The Kier molecular flexibility index (Phi) is 6.79. The zero-order valence-corrected chi connectivity index (χ0v) is 22.5. The highest BCUT2D eigenvalue weighted by Gasteiger charge is 2.65. The van der Waals surface area contributed by atoms with Gasteiger partial charge in [0.15, 0.2) is 5.78 Å². The Labute approximate surface area is 228 Å².